The summed E-state index contributed by atoms with van der Waals surface area (Å²) in [6.45, 7) is 1.73. The average molecular weight is 402 g/mol. The van der Waals surface area contributed by atoms with Crippen molar-refractivity contribution in [2.45, 2.75) is 13.1 Å². The molecule has 1 N–H and O–H groups in total. The molecular weight excluding hydrogens is 385 g/mol. The molecule has 0 fully saturated rings. The molecule has 0 aliphatic heterocycles. The van der Waals surface area contributed by atoms with Crippen molar-refractivity contribution in [1.29, 1.82) is 0 Å². The third kappa shape index (κ3) is 5.71. The summed E-state index contributed by atoms with van der Waals surface area (Å²) in [4.78, 5) is 11.7. The molecule has 1 aromatic heterocycles. The highest BCUT2D eigenvalue weighted by Gasteiger charge is 2.30. The van der Waals surface area contributed by atoms with Gasteiger partial charge in [-0.15, -0.1) is 0 Å². The van der Waals surface area contributed by atoms with Crippen molar-refractivity contribution in [3.63, 3.8) is 0 Å². The maximum absolute atomic E-state index is 12.8. The van der Waals surface area contributed by atoms with Crippen molar-refractivity contribution < 1.29 is 27.1 Å². The summed E-state index contributed by atoms with van der Waals surface area (Å²) in [5.41, 5.74) is 2.89. The van der Waals surface area contributed by atoms with Crippen LogP contribution in [0.1, 0.15) is 16.9 Å². The van der Waals surface area contributed by atoms with Crippen molar-refractivity contribution in [1.82, 2.24) is 5.43 Å². The average Bonchev–Trinajstić information content (AvgIpc) is 3.16. The molecule has 8 heteroatoms. The Hall–Kier alpha value is -3.55. The van der Waals surface area contributed by atoms with E-state index >= 15 is 0 Å². The van der Waals surface area contributed by atoms with Crippen molar-refractivity contribution in [3.8, 4) is 17.1 Å². The van der Waals surface area contributed by atoms with Gasteiger partial charge in [-0.3, -0.25) is 4.79 Å². The van der Waals surface area contributed by atoms with Crippen LogP contribution in [-0.2, 0) is 11.0 Å². The smallest absolute Gasteiger partial charge is 0.416 e. The number of carbonyl (C=O) groups excluding carboxylic acids is 1. The standard InChI is InChI=1S/C21H17F3N2O3/c1-14-5-7-17(8-6-14)28-13-20(27)26-25-12-18-9-10-19(29-18)15-3-2-4-16(11-15)21(22,23)24/h2-12H,13H2,1H3,(H,26,27). The molecule has 0 aliphatic rings. The molecule has 0 saturated carbocycles. The number of hydrogen-bond acceptors (Lipinski definition) is 4. The highest BCUT2D eigenvalue weighted by molar-refractivity contribution is 5.81. The first-order valence-corrected chi connectivity index (χ1v) is 8.60. The number of amides is 1. The van der Waals surface area contributed by atoms with Gasteiger partial charge in [-0.2, -0.15) is 18.3 Å². The third-order valence-electron chi connectivity index (χ3n) is 3.87. The Morgan fingerprint density at radius 3 is 2.62 bits per heavy atom. The van der Waals surface area contributed by atoms with Crippen LogP contribution in [0.5, 0.6) is 5.75 Å². The van der Waals surface area contributed by atoms with Crippen molar-refractivity contribution in [2.24, 2.45) is 5.10 Å². The summed E-state index contributed by atoms with van der Waals surface area (Å²) in [6, 6.07) is 15.1. The summed E-state index contributed by atoms with van der Waals surface area (Å²) < 4.78 is 49.2. The molecule has 0 spiro atoms. The molecule has 150 valence electrons. The highest BCUT2D eigenvalue weighted by Crippen LogP contribution is 2.32. The van der Waals surface area contributed by atoms with Gasteiger partial charge >= 0.3 is 6.18 Å². The lowest BCUT2D eigenvalue weighted by Gasteiger charge is -2.07. The minimum absolute atomic E-state index is 0.214. The number of furan rings is 1. The van der Waals surface area contributed by atoms with Gasteiger partial charge < -0.3 is 9.15 Å². The van der Waals surface area contributed by atoms with Crippen LogP contribution in [0, 0.1) is 6.92 Å². The second-order valence-electron chi connectivity index (χ2n) is 6.18. The highest BCUT2D eigenvalue weighted by atomic mass is 19.4. The second kappa shape index (κ2) is 8.64. The molecule has 0 bridgehead atoms. The van der Waals surface area contributed by atoms with Crippen LogP contribution in [-0.4, -0.2) is 18.7 Å². The first-order chi connectivity index (χ1) is 13.8. The number of alkyl halides is 3. The van der Waals surface area contributed by atoms with Crippen molar-refractivity contribution in [2.75, 3.05) is 6.61 Å². The maximum atomic E-state index is 12.8. The molecule has 2 aromatic carbocycles. The zero-order chi connectivity index (χ0) is 20.9. The van der Waals surface area contributed by atoms with Gasteiger partial charge in [0.1, 0.15) is 17.3 Å². The first-order valence-electron chi connectivity index (χ1n) is 8.60. The number of rotatable bonds is 6. The minimum atomic E-state index is -4.43. The summed E-state index contributed by atoms with van der Waals surface area (Å²) in [6.07, 6.45) is -3.18. The normalized spacial score (nSPS) is 11.6. The van der Waals surface area contributed by atoms with Crippen LogP contribution in [0.15, 0.2) is 70.2 Å². The molecule has 0 radical (unpaired) electrons. The van der Waals surface area contributed by atoms with Crippen molar-refractivity contribution in [3.05, 3.63) is 77.6 Å². The quantitative estimate of drug-likeness (QED) is 0.476. The third-order valence-corrected chi connectivity index (χ3v) is 3.87. The molecule has 0 unspecified atom stereocenters. The van der Waals surface area contributed by atoms with Crippen LogP contribution in [0.4, 0.5) is 13.2 Å². The fraction of sp³-hybridized carbons (Fsp3) is 0.143. The Morgan fingerprint density at radius 2 is 1.90 bits per heavy atom. The fourth-order valence-corrected chi connectivity index (χ4v) is 2.41. The Bertz CT molecular complexity index is 1010. The summed E-state index contributed by atoms with van der Waals surface area (Å²) >= 11 is 0. The second-order valence-corrected chi connectivity index (χ2v) is 6.18. The predicted octanol–water partition coefficient (Wildman–Crippen LogP) is 4.80. The van der Waals surface area contributed by atoms with E-state index < -0.39 is 17.6 Å². The van der Waals surface area contributed by atoms with E-state index in [2.05, 4.69) is 10.5 Å². The zero-order valence-corrected chi connectivity index (χ0v) is 15.4. The number of nitrogens with zero attached hydrogens (tertiary/aromatic N) is 1. The largest absolute Gasteiger partial charge is 0.484 e. The monoisotopic (exact) mass is 402 g/mol. The van der Waals surface area contributed by atoms with E-state index in [0.717, 1.165) is 17.7 Å². The number of nitrogens with one attached hydrogen (secondary N) is 1. The van der Waals surface area contributed by atoms with Crippen LogP contribution < -0.4 is 10.2 Å². The molecule has 5 nitrogen and oxygen atoms in total. The van der Waals surface area contributed by atoms with Crippen LogP contribution >= 0.6 is 0 Å². The van der Waals surface area contributed by atoms with Gasteiger partial charge in [0.15, 0.2) is 6.61 Å². The molecule has 3 aromatic rings. The molecule has 0 aliphatic carbocycles. The van der Waals surface area contributed by atoms with Gasteiger partial charge in [0.25, 0.3) is 5.91 Å². The maximum Gasteiger partial charge on any atom is 0.416 e. The molecule has 0 saturated heterocycles. The van der Waals surface area contributed by atoms with Crippen LogP contribution in [0.25, 0.3) is 11.3 Å². The lowest BCUT2D eigenvalue weighted by Crippen LogP contribution is -2.24. The molecule has 29 heavy (non-hydrogen) atoms. The number of benzene rings is 2. The molecule has 1 amide bonds. The van der Waals surface area contributed by atoms with E-state index in [-0.39, 0.29) is 23.7 Å². The lowest BCUT2D eigenvalue weighted by molar-refractivity contribution is -0.137. The van der Waals surface area contributed by atoms with Crippen molar-refractivity contribution >= 4 is 12.1 Å². The fourth-order valence-electron chi connectivity index (χ4n) is 2.41. The van der Waals surface area contributed by atoms with Gasteiger partial charge in [-0.1, -0.05) is 29.8 Å². The number of carbonyl (C=O) groups is 1. The number of ether oxygens (including phenoxy) is 1. The summed E-state index contributed by atoms with van der Waals surface area (Å²) in [5.74, 6) is 0.627. The van der Waals surface area contributed by atoms with Gasteiger partial charge in [-0.25, -0.2) is 5.43 Å². The lowest BCUT2D eigenvalue weighted by atomic mass is 10.1. The predicted molar refractivity (Wildman–Crippen MR) is 102 cm³/mol. The van der Waals surface area contributed by atoms with Gasteiger partial charge in [0, 0.05) is 5.56 Å². The van der Waals surface area contributed by atoms with E-state index in [4.69, 9.17) is 9.15 Å². The Kier molecular flexibility index (Phi) is 6.01. The van der Waals surface area contributed by atoms with Gasteiger partial charge in [0.05, 0.1) is 11.8 Å². The van der Waals surface area contributed by atoms with Gasteiger partial charge in [-0.05, 0) is 43.3 Å². The Balaban J connectivity index is 1.55. The minimum Gasteiger partial charge on any atom is -0.484 e. The van der Waals surface area contributed by atoms with E-state index in [1.165, 1.54) is 30.5 Å². The first kappa shape index (κ1) is 20.2. The van der Waals surface area contributed by atoms with Gasteiger partial charge in [0.2, 0.25) is 0 Å². The molecule has 3 rings (SSSR count). The van der Waals surface area contributed by atoms with E-state index in [0.29, 0.717) is 5.75 Å². The van der Waals surface area contributed by atoms with Crippen LogP contribution in [0.2, 0.25) is 0 Å². The van der Waals surface area contributed by atoms with E-state index in [9.17, 15) is 18.0 Å². The van der Waals surface area contributed by atoms with E-state index in [1.54, 1.807) is 12.1 Å². The number of hydrazone groups is 1. The molecule has 0 atom stereocenters. The topological polar surface area (TPSA) is 63.8 Å². The zero-order valence-electron chi connectivity index (χ0n) is 15.4. The SMILES string of the molecule is Cc1ccc(OCC(=O)NN=Cc2ccc(-c3cccc(C(F)(F)F)c3)o2)cc1. The molecule has 1 heterocycles. The van der Waals surface area contributed by atoms with Crippen LogP contribution in [0.3, 0.4) is 0 Å². The number of hydrogen-bond donors (Lipinski definition) is 1. The Morgan fingerprint density at radius 1 is 1.14 bits per heavy atom. The number of halogens is 3. The summed E-state index contributed by atoms with van der Waals surface area (Å²) in [5, 5.41) is 3.75. The number of aryl methyl sites for hydroxylation is 1. The Labute approximate surface area is 164 Å². The molecular formula is C21H17F3N2O3. The van der Waals surface area contributed by atoms with E-state index in [1.807, 2.05) is 19.1 Å². The summed E-state index contributed by atoms with van der Waals surface area (Å²) in [7, 11) is 0.